The summed E-state index contributed by atoms with van der Waals surface area (Å²) in [6, 6.07) is 23.5. The Kier molecular flexibility index (Phi) is 5.69. The van der Waals surface area contributed by atoms with Crippen LogP contribution in [0.4, 0.5) is 5.69 Å². The van der Waals surface area contributed by atoms with Crippen LogP contribution in [0.3, 0.4) is 0 Å². The summed E-state index contributed by atoms with van der Waals surface area (Å²) in [6.07, 6.45) is 0.799. The number of ether oxygens (including phenoxy) is 1. The molecule has 0 aliphatic rings. The molecule has 0 aromatic heterocycles. The largest absolute Gasteiger partial charge is 0.492 e. The first-order valence-electron chi connectivity index (χ1n) is 8.78. The van der Waals surface area contributed by atoms with E-state index in [0.29, 0.717) is 17.9 Å². The number of anilines is 1. The van der Waals surface area contributed by atoms with E-state index in [-0.39, 0.29) is 5.91 Å². The average Bonchev–Trinajstić information content (AvgIpc) is 2.66. The summed E-state index contributed by atoms with van der Waals surface area (Å²) in [5, 5.41) is 3.02. The van der Waals surface area contributed by atoms with Crippen LogP contribution in [0.2, 0.25) is 0 Å². The number of carbonyl (C=O) groups excluding carboxylic acids is 1. The Morgan fingerprint density at radius 3 is 2.23 bits per heavy atom. The number of amides is 1. The number of hydrogen-bond donors (Lipinski definition) is 1. The lowest BCUT2D eigenvalue weighted by molar-refractivity contribution is 0.102. The fourth-order valence-corrected chi connectivity index (χ4v) is 2.90. The Balaban J connectivity index is 1.71. The van der Waals surface area contributed by atoms with E-state index in [2.05, 4.69) is 17.4 Å². The van der Waals surface area contributed by atoms with E-state index < -0.39 is 0 Å². The first-order chi connectivity index (χ1) is 12.6. The van der Waals surface area contributed by atoms with E-state index >= 15 is 0 Å². The van der Waals surface area contributed by atoms with E-state index in [1.54, 1.807) is 6.07 Å². The maximum absolute atomic E-state index is 12.8. The molecule has 0 saturated heterocycles. The molecule has 3 aromatic carbocycles. The van der Waals surface area contributed by atoms with Gasteiger partial charge in [-0.25, -0.2) is 0 Å². The molecule has 0 spiro atoms. The molecule has 3 rings (SSSR count). The smallest absolute Gasteiger partial charge is 0.259 e. The molecule has 132 valence electrons. The predicted molar refractivity (Wildman–Crippen MR) is 106 cm³/mol. The molecular formula is C23H23NO2. The number of nitrogens with one attached hydrogen (secondary N) is 1. The van der Waals surface area contributed by atoms with Gasteiger partial charge in [0, 0.05) is 12.1 Å². The van der Waals surface area contributed by atoms with Crippen molar-refractivity contribution in [2.45, 2.75) is 20.3 Å². The second kappa shape index (κ2) is 8.34. The highest BCUT2D eigenvalue weighted by atomic mass is 16.5. The van der Waals surface area contributed by atoms with Crippen LogP contribution in [0.1, 0.15) is 27.0 Å². The minimum absolute atomic E-state index is 0.155. The van der Waals surface area contributed by atoms with E-state index in [1.165, 1.54) is 5.56 Å². The maximum Gasteiger partial charge on any atom is 0.259 e. The molecule has 3 heteroatoms. The quantitative estimate of drug-likeness (QED) is 0.669. The van der Waals surface area contributed by atoms with Gasteiger partial charge in [-0.15, -0.1) is 0 Å². The Morgan fingerprint density at radius 2 is 1.50 bits per heavy atom. The lowest BCUT2D eigenvalue weighted by Crippen LogP contribution is -2.15. The Bertz CT molecular complexity index is 867. The van der Waals surface area contributed by atoms with Crippen molar-refractivity contribution in [2.75, 3.05) is 11.9 Å². The highest BCUT2D eigenvalue weighted by Gasteiger charge is 2.14. The third kappa shape index (κ3) is 4.31. The summed E-state index contributed by atoms with van der Waals surface area (Å²) in [7, 11) is 0. The van der Waals surface area contributed by atoms with Crippen LogP contribution in [0.15, 0.2) is 72.8 Å². The average molecular weight is 345 g/mol. The summed E-state index contributed by atoms with van der Waals surface area (Å²) in [6.45, 7) is 4.51. The number of hydrogen-bond acceptors (Lipinski definition) is 2. The van der Waals surface area contributed by atoms with Gasteiger partial charge >= 0.3 is 0 Å². The molecule has 0 heterocycles. The van der Waals surface area contributed by atoms with Crippen molar-refractivity contribution in [3.63, 3.8) is 0 Å². The molecule has 0 bridgehead atoms. The Morgan fingerprint density at radius 1 is 0.846 bits per heavy atom. The molecule has 0 saturated carbocycles. The van der Waals surface area contributed by atoms with Crippen molar-refractivity contribution in [1.82, 2.24) is 0 Å². The summed E-state index contributed by atoms with van der Waals surface area (Å²) in [5.41, 5.74) is 4.70. The maximum atomic E-state index is 12.8. The van der Waals surface area contributed by atoms with Crippen LogP contribution in [0.5, 0.6) is 5.75 Å². The minimum Gasteiger partial charge on any atom is -0.492 e. The molecule has 0 unspecified atom stereocenters. The molecule has 1 amide bonds. The minimum atomic E-state index is -0.155. The number of benzene rings is 3. The van der Waals surface area contributed by atoms with Crippen LogP contribution in [-0.2, 0) is 6.42 Å². The molecular weight excluding hydrogens is 322 g/mol. The first kappa shape index (κ1) is 17.7. The topological polar surface area (TPSA) is 38.3 Å². The molecule has 1 N–H and O–H groups in total. The first-order valence-corrected chi connectivity index (χ1v) is 8.78. The number of carbonyl (C=O) groups is 1. The zero-order chi connectivity index (χ0) is 18.4. The lowest BCUT2D eigenvalue weighted by atomic mass is 10.1. The van der Waals surface area contributed by atoms with Gasteiger partial charge in [-0.05, 0) is 42.7 Å². The lowest BCUT2D eigenvalue weighted by Gasteiger charge is -2.14. The second-order valence-corrected chi connectivity index (χ2v) is 6.30. The summed E-state index contributed by atoms with van der Waals surface area (Å²) in [5.74, 6) is 0.449. The van der Waals surface area contributed by atoms with Crippen LogP contribution < -0.4 is 10.1 Å². The predicted octanol–water partition coefficient (Wildman–Crippen LogP) is 5.18. The number of para-hydroxylation sites is 2. The van der Waals surface area contributed by atoms with Gasteiger partial charge < -0.3 is 10.1 Å². The SMILES string of the molecule is Cc1cccc(C)c1NC(=O)c1ccccc1OCCc1ccccc1. The molecule has 26 heavy (non-hydrogen) atoms. The summed E-state index contributed by atoms with van der Waals surface area (Å²) >= 11 is 0. The molecule has 3 nitrogen and oxygen atoms in total. The molecule has 0 atom stereocenters. The van der Waals surface area contributed by atoms with Gasteiger partial charge in [-0.1, -0.05) is 60.7 Å². The van der Waals surface area contributed by atoms with Gasteiger partial charge in [-0.3, -0.25) is 4.79 Å². The van der Waals surface area contributed by atoms with Gasteiger partial charge in [0.05, 0.1) is 12.2 Å². The highest BCUT2D eigenvalue weighted by molar-refractivity contribution is 6.06. The second-order valence-electron chi connectivity index (χ2n) is 6.30. The van der Waals surface area contributed by atoms with Gasteiger partial charge in [0.15, 0.2) is 0 Å². The summed E-state index contributed by atoms with van der Waals surface area (Å²) < 4.78 is 5.90. The van der Waals surface area contributed by atoms with Crippen LogP contribution in [0, 0.1) is 13.8 Å². The van der Waals surface area contributed by atoms with Crippen molar-refractivity contribution in [1.29, 1.82) is 0 Å². The standard InChI is InChI=1S/C23H23NO2/c1-17-9-8-10-18(2)22(17)24-23(25)20-13-6-7-14-21(20)26-16-15-19-11-4-3-5-12-19/h3-14H,15-16H2,1-2H3,(H,24,25). The van der Waals surface area contributed by atoms with Gasteiger partial charge in [-0.2, -0.15) is 0 Å². The summed E-state index contributed by atoms with van der Waals surface area (Å²) in [4.78, 5) is 12.8. The molecule has 0 aliphatic carbocycles. The Hall–Kier alpha value is -3.07. The van der Waals surface area contributed by atoms with Crippen molar-refractivity contribution in [3.8, 4) is 5.75 Å². The van der Waals surface area contributed by atoms with Crippen LogP contribution >= 0.6 is 0 Å². The monoisotopic (exact) mass is 345 g/mol. The number of rotatable bonds is 6. The van der Waals surface area contributed by atoms with E-state index in [4.69, 9.17) is 4.74 Å². The van der Waals surface area contributed by atoms with Crippen molar-refractivity contribution in [3.05, 3.63) is 95.1 Å². The number of aryl methyl sites for hydroxylation is 2. The third-order valence-electron chi connectivity index (χ3n) is 4.34. The normalized spacial score (nSPS) is 10.4. The fourth-order valence-electron chi connectivity index (χ4n) is 2.90. The zero-order valence-electron chi connectivity index (χ0n) is 15.2. The van der Waals surface area contributed by atoms with E-state index in [1.807, 2.05) is 68.4 Å². The van der Waals surface area contributed by atoms with E-state index in [0.717, 1.165) is 23.2 Å². The molecule has 3 aromatic rings. The van der Waals surface area contributed by atoms with Crippen molar-refractivity contribution < 1.29 is 9.53 Å². The zero-order valence-corrected chi connectivity index (χ0v) is 15.2. The van der Waals surface area contributed by atoms with Gasteiger partial charge in [0.25, 0.3) is 5.91 Å². The van der Waals surface area contributed by atoms with Gasteiger partial charge in [0.2, 0.25) is 0 Å². The molecule has 0 radical (unpaired) electrons. The van der Waals surface area contributed by atoms with Crippen LogP contribution in [-0.4, -0.2) is 12.5 Å². The molecule has 0 aliphatic heterocycles. The van der Waals surface area contributed by atoms with E-state index in [9.17, 15) is 4.79 Å². The third-order valence-corrected chi connectivity index (χ3v) is 4.34. The molecule has 0 fully saturated rings. The fraction of sp³-hybridized carbons (Fsp3) is 0.174. The van der Waals surface area contributed by atoms with Gasteiger partial charge in [0.1, 0.15) is 5.75 Å². The Labute approximate surface area is 154 Å². The van der Waals surface area contributed by atoms with Crippen molar-refractivity contribution >= 4 is 11.6 Å². The highest BCUT2D eigenvalue weighted by Crippen LogP contribution is 2.23. The van der Waals surface area contributed by atoms with Crippen molar-refractivity contribution in [2.24, 2.45) is 0 Å². The van der Waals surface area contributed by atoms with Crippen LogP contribution in [0.25, 0.3) is 0 Å².